The number of aromatic nitrogens is 2. The number of hydrogen-bond donors (Lipinski definition) is 1. The van der Waals surface area contributed by atoms with Gasteiger partial charge < -0.3 is 5.11 Å². The molecule has 0 aliphatic heterocycles. The van der Waals surface area contributed by atoms with E-state index in [2.05, 4.69) is 34.6 Å². The van der Waals surface area contributed by atoms with E-state index in [4.69, 9.17) is 11.6 Å². The number of hydrogen-bond acceptors (Lipinski definition) is 3. The van der Waals surface area contributed by atoms with Gasteiger partial charge in [0.25, 0.3) is 5.91 Å². The summed E-state index contributed by atoms with van der Waals surface area (Å²) in [4.78, 5) is 13.4. The van der Waals surface area contributed by atoms with Crippen LogP contribution < -0.4 is 0 Å². The number of fused-ring (bicyclic) bond motifs is 1. The first-order valence-electron chi connectivity index (χ1n) is 8.64. The van der Waals surface area contributed by atoms with Gasteiger partial charge in [-0.05, 0) is 77.7 Å². The predicted molar refractivity (Wildman–Crippen MR) is 105 cm³/mol. The lowest BCUT2D eigenvalue weighted by Crippen LogP contribution is -2.32. The minimum Gasteiger partial charge on any atom is -0.396 e. The smallest absolute Gasteiger partial charge is 0.280 e. The molecule has 6 heteroatoms. The second-order valence-corrected chi connectivity index (χ2v) is 8.99. The number of carbonyl (C=O) groups is 1. The summed E-state index contributed by atoms with van der Waals surface area (Å²) in [5, 5.41) is 14.8. The van der Waals surface area contributed by atoms with Crippen molar-refractivity contribution in [2.75, 3.05) is 6.61 Å². The monoisotopic (exact) mass is 470 g/mol. The third-order valence-corrected chi connectivity index (χ3v) is 6.65. The molecular weight excluding hydrogens is 451 g/mol. The second-order valence-electron chi connectivity index (χ2n) is 7.56. The van der Waals surface area contributed by atoms with E-state index in [0.717, 1.165) is 46.2 Å². The Morgan fingerprint density at radius 2 is 2.24 bits per heavy atom. The zero-order chi connectivity index (χ0) is 17.8. The van der Waals surface area contributed by atoms with E-state index in [1.54, 1.807) is 6.07 Å². The van der Waals surface area contributed by atoms with E-state index in [-0.39, 0.29) is 17.9 Å². The average Bonchev–Trinajstić information content (AvgIpc) is 3.39. The lowest BCUT2D eigenvalue weighted by Gasteiger charge is -2.32. The van der Waals surface area contributed by atoms with E-state index in [1.807, 2.05) is 12.1 Å². The standard InChI is InChI=1S/C19H20ClIN2O2/c1-19(10-24)8-7-13-15(9-19)23(22-17(13)21)18(25)16-12(11-5-6-11)3-2-4-14(16)20/h2-4,11,24H,5-10H2,1H3. The fourth-order valence-electron chi connectivity index (χ4n) is 3.71. The van der Waals surface area contributed by atoms with Gasteiger partial charge in [0.15, 0.2) is 0 Å². The first-order chi connectivity index (χ1) is 11.9. The van der Waals surface area contributed by atoms with E-state index in [1.165, 1.54) is 4.68 Å². The number of nitrogens with zero attached hydrogens (tertiary/aromatic N) is 2. The molecule has 1 N–H and O–H groups in total. The van der Waals surface area contributed by atoms with Crippen LogP contribution in [-0.2, 0) is 12.8 Å². The van der Waals surface area contributed by atoms with Gasteiger partial charge >= 0.3 is 0 Å². The van der Waals surface area contributed by atoms with Crippen LogP contribution in [0.1, 0.15) is 59.3 Å². The van der Waals surface area contributed by atoms with Crippen molar-refractivity contribution in [3.8, 4) is 0 Å². The molecule has 1 unspecified atom stereocenters. The third kappa shape index (κ3) is 3.04. The molecular formula is C19H20ClIN2O2. The maximum atomic E-state index is 13.4. The highest BCUT2D eigenvalue weighted by molar-refractivity contribution is 14.1. The van der Waals surface area contributed by atoms with Crippen LogP contribution in [0.2, 0.25) is 5.02 Å². The van der Waals surface area contributed by atoms with Gasteiger partial charge in [-0.3, -0.25) is 4.79 Å². The first-order valence-corrected chi connectivity index (χ1v) is 10.1. The van der Waals surface area contributed by atoms with Gasteiger partial charge in [-0.25, -0.2) is 0 Å². The molecule has 0 saturated heterocycles. The number of halogens is 2. The summed E-state index contributed by atoms with van der Waals surface area (Å²) in [6, 6.07) is 5.70. The fourth-order valence-corrected chi connectivity index (χ4v) is 4.77. The van der Waals surface area contributed by atoms with Gasteiger partial charge in [-0.15, -0.1) is 0 Å². The van der Waals surface area contributed by atoms with Crippen molar-refractivity contribution in [1.82, 2.24) is 9.78 Å². The minimum absolute atomic E-state index is 0.113. The van der Waals surface area contributed by atoms with Gasteiger partial charge in [0.05, 0.1) is 16.3 Å². The van der Waals surface area contributed by atoms with Crippen molar-refractivity contribution in [1.29, 1.82) is 0 Å². The topological polar surface area (TPSA) is 55.1 Å². The summed E-state index contributed by atoms with van der Waals surface area (Å²) in [5.74, 6) is 0.291. The molecule has 25 heavy (non-hydrogen) atoms. The molecule has 0 radical (unpaired) electrons. The Labute approximate surface area is 165 Å². The molecule has 1 heterocycles. The Morgan fingerprint density at radius 3 is 2.92 bits per heavy atom. The predicted octanol–water partition coefficient (Wildman–Crippen LogP) is 4.19. The Morgan fingerprint density at radius 1 is 1.48 bits per heavy atom. The number of carbonyl (C=O) groups excluding carboxylic acids is 1. The number of aliphatic hydroxyl groups is 1. The molecule has 132 valence electrons. The van der Waals surface area contributed by atoms with Crippen LogP contribution in [-0.4, -0.2) is 27.4 Å². The Bertz CT molecular complexity index is 859. The molecule has 0 bridgehead atoms. The minimum atomic E-state index is -0.200. The van der Waals surface area contributed by atoms with Crippen molar-refractivity contribution in [2.24, 2.45) is 5.41 Å². The lowest BCUT2D eigenvalue weighted by atomic mass is 9.76. The molecule has 2 aliphatic rings. The Hall–Kier alpha value is -0.920. The summed E-state index contributed by atoms with van der Waals surface area (Å²) >= 11 is 8.62. The van der Waals surface area contributed by atoms with Gasteiger partial charge in [-0.1, -0.05) is 30.7 Å². The van der Waals surface area contributed by atoms with Gasteiger partial charge in [0.2, 0.25) is 0 Å². The number of benzene rings is 1. The number of rotatable bonds is 3. The van der Waals surface area contributed by atoms with Crippen LogP contribution in [0.5, 0.6) is 0 Å². The molecule has 0 spiro atoms. The maximum absolute atomic E-state index is 13.4. The van der Waals surface area contributed by atoms with Crippen LogP contribution in [0.4, 0.5) is 0 Å². The summed E-state index contributed by atoms with van der Waals surface area (Å²) < 4.78 is 2.41. The van der Waals surface area contributed by atoms with Crippen molar-refractivity contribution in [2.45, 2.75) is 44.9 Å². The van der Waals surface area contributed by atoms with Gasteiger partial charge in [0, 0.05) is 12.2 Å². The molecule has 2 aromatic rings. The zero-order valence-corrected chi connectivity index (χ0v) is 17.0. The van der Waals surface area contributed by atoms with E-state index >= 15 is 0 Å². The zero-order valence-electron chi connectivity index (χ0n) is 14.1. The van der Waals surface area contributed by atoms with Crippen LogP contribution in [0.3, 0.4) is 0 Å². The highest BCUT2D eigenvalue weighted by Crippen LogP contribution is 2.44. The van der Waals surface area contributed by atoms with Crippen LogP contribution >= 0.6 is 34.2 Å². The largest absolute Gasteiger partial charge is 0.396 e. The van der Waals surface area contributed by atoms with Crippen molar-refractivity contribution in [3.05, 3.63) is 49.3 Å². The summed E-state index contributed by atoms with van der Waals surface area (Å²) in [7, 11) is 0. The molecule has 4 nitrogen and oxygen atoms in total. The van der Waals surface area contributed by atoms with Crippen LogP contribution in [0.25, 0.3) is 0 Å². The Kier molecular flexibility index (Phi) is 4.45. The fraction of sp³-hybridized carbons (Fsp3) is 0.474. The third-order valence-electron chi connectivity index (χ3n) is 5.46. The average molecular weight is 471 g/mol. The summed E-state index contributed by atoms with van der Waals surface area (Å²) in [6.45, 7) is 2.18. The van der Waals surface area contributed by atoms with Crippen molar-refractivity contribution in [3.63, 3.8) is 0 Å². The first kappa shape index (κ1) is 17.5. The van der Waals surface area contributed by atoms with Crippen LogP contribution in [0, 0.1) is 9.12 Å². The van der Waals surface area contributed by atoms with Crippen LogP contribution in [0.15, 0.2) is 18.2 Å². The Balaban J connectivity index is 1.81. The highest BCUT2D eigenvalue weighted by atomic mass is 127. The molecule has 1 saturated carbocycles. The molecule has 1 aromatic carbocycles. The van der Waals surface area contributed by atoms with E-state index in [0.29, 0.717) is 22.9 Å². The van der Waals surface area contributed by atoms with Crippen molar-refractivity contribution >= 4 is 40.1 Å². The molecule has 1 atom stereocenters. The maximum Gasteiger partial charge on any atom is 0.280 e. The second kappa shape index (κ2) is 6.35. The molecule has 2 aliphatic carbocycles. The molecule has 1 fully saturated rings. The number of aliphatic hydroxyl groups excluding tert-OH is 1. The van der Waals surface area contributed by atoms with Crippen molar-refractivity contribution < 1.29 is 9.90 Å². The SMILES string of the molecule is CC1(CO)CCc2c(I)nn(C(=O)c3c(Cl)cccc3C3CC3)c2C1. The summed E-state index contributed by atoms with van der Waals surface area (Å²) in [6.07, 6.45) is 4.63. The highest BCUT2D eigenvalue weighted by Gasteiger charge is 2.36. The molecule has 0 amide bonds. The normalized spacial score (nSPS) is 22.7. The molecule has 1 aromatic heterocycles. The van der Waals surface area contributed by atoms with E-state index in [9.17, 15) is 9.90 Å². The molecule has 4 rings (SSSR count). The lowest BCUT2D eigenvalue weighted by molar-refractivity contribution is 0.0923. The van der Waals surface area contributed by atoms with E-state index < -0.39 is 0 Å². The van der Waals surface area contributed by atoms with Gasteiger partial charge in [0.1, 0.15) is 3.70 Å². The van der Waals surface area contributed by atoms with Gasteiger partial charge in [-0.2, -0.15) is 9.78 Å². The quantitative estimate of drug-likeness (QED) is 0.684. The summed E-state index contributed by atoms with van der Waals surface area (Å²) in [5.41, 5.74) is 3.49.